The lowest BCUT2D eigenvalue weighted by Crippen LogP contribution is -2.24. The van der Waals surface area contributed by atoms with Crippen molar-refractivity contribution >= 4 is 5.97 Å². The Bertz CT molecular complexity index is 224. The molecule has 14 heavy (non-hydrogen) atoms. The Labute approximate surface area is 85.3 Å². The molecule has 0 bridgehead atoms. The van der Waals surface area contributed by atoms with Crippen LogP contribution in [0.4, 0.5) is 0 Å². The van der Waals surface area contributed by atoms with Crippen molar-refractivity contribution in [3.05, 3.63) is 11.4 Å². The fourth-order valence-electron chi connectivity index (χ4n) is 1.97. The molecule has 0 aromatic heterocycles. The van der Waals surface area contributed by atoms with Gasteiger partial charge in [0, 0.05) is 5.92 Å². The standard InChI is InChI=1S/C11H17NO2/c1-3-14-11(13)10-6-4-9(5-7-10)8-12-2/h9-10H,3-8H2,1H3. The average molecular weight is 195 g/mol. The molecule has 78 valence electrons. The number of carbonyl (C=O) groups is 1. The van der Waals surface area contributed by atoms with Gasteiger partial charge in [-0.15, -0.1) is 0 Å². The predicted molar refractivity (Wildman–Crippen MR) is 53.6 cm³/mol. The lowest BCUT2D eigenvalue weighted by Gasteiger charge is -2.23. The highest BCUT2D eigenvalue weighted by molar-refractivity contribution is 5.72. The van der Waals surface area contributed by atoms with Crippen LogP contribution in [0.2, 0.25) is 0 Å². The summed E-state index contributed by atoms with van der Waals surface area (Å²) in [4.78, 5) is 14.8. The largest absolute Gasteiger partial charge is 0.466 e. The highest BCUT2D eigenvalue weighted by Gasteiger charge is 2.28. The zero-order chi connectivity index (χ0) is 10.4. The van der Waals surface area contributed by atoms with E-state index in [-0.39, 0.29) is 11.9 Å². The molecule has 0 aliphatic heterocycles. The second-order valence-electron chi connectivity index (χ2n) is 3.81. The SMILES string of the molecule is [C-]#[N+]CC1CCC(C(=O)OCC)CC1. The highest BCUT2D eigenvalue weighted by Crippen LogP contribution is 2.29. The molecule has 0 spiro atoms. The zero-order valence-electron chi connectivity index (χ0n) is 8.66. The molecule has 1 rings (SSSR count). The van der Waals surface area contributed by atoms with Crippen molar-refractivity contribution in [3.8, 4) is 0 Å². The molecule has 0 aromatic rings. The van der Waals surface area contributed by atoms with Crippen molar-refractivity contribution in [3.63, 3.8) is 0 Å². The van der Waals surface area contributed by atoms with Crippen LogP contribution in [0.15, 0.2) is 0 Å². The van der Waals surface area contributed by atoms with Crippen LogP contribution in [0.1, 0.15) is 32.6 Å². The van der Waals surface area contributed by atoms with Crippen LogP contribution in [0.25, 0.3) is 4.85 Å². The first-order valence-corrected chi connectivity index (χ1v) is 5.27. The summed E-state index contributed by atoms with van der Waals surface area (Å²) in [6.45, 7) is 9.70. The van der Waals surface area contributed by atoms with Crippen molar-refractivity contribution < 1.29 is 9.53 Å². The maximum Gasteiger partial charge on any atom is 0.308 e. The van der Waals surface area contributed by atoms with Crippen LogP contribution in [-0.2, 0) is 9.53 Å². The molecule has 1 saturated carbocycles. The minimum absolute atomic E-state index is 0.0474. The van der Waals surface area contributed by atoms with E-state index in [0.717, 1.165) is 25.7 Å². The van der Waals surface area contributed by atoms with Gasteiger partial charge in [0.1, 0.15) is 0 Å². The van der Waals surface area contributed by atoms with E-state index in [9.17, 15) is 4.79 Å². The summed E-state index contributed by atoms with van der Waals surface area (Å²) in [5.74, 6) is 0.559. The van der Waals surface area contributed by atoms with Crippen LogP contribution in [0, 0.1) is 18.4 Å². The Morgan fingerprint density at radius 2 is 2.07 bits per heavy atom. The second kappa shape index (κ2) is 5.64. The van der Waals surface area contributed by atoms with Crippen LogP contribution in [0.5, 0.6) is 0 Å². The van der Waals surface area contributed by atoms with E-state index in [0.29, 0.717) is 19.1 Å². The van der Waals surface area contributed by atoms with E-state index in [2.05, 4.69) is 4.85 Å². The van der Waals surface area contributed by atoms with Crippen LogP contribution in [-0.4, -0.2) is 19.1 Å². The van der Waals surface area contributed by atoms with Gasteiger partial charge in [-0.25, -0.2) is 6.57 Å². The van der Waals surface area contributed by atoms with Gasteiger partial charge < -0.3 is 9.58 Å². The van der Waals surface area contributed by atoms with Gasteiger partial charge in [-0.05, 0) is 32.6 Å². The molecule has 1 aliphatic rings. The van der Waals surface area contributed by atoms with Gasteiger partial charge in [0.15, 0.2) is 0 Å². The van der Waals surface area contributed by atoms with E-state index >= 15 is 0 Å². The molecule has 0 saturated heterocycles. The number of carbonyl (C=O) groups excluding carboxylic acids is 1. The topological polar surface area (TPSA) is 30.7 Å². The molecule has 0 aromatic carbocycles. The number of esters is 1. The molecule has 1 aliphatic carbocycles. The fraction of sp³-hybridized carbons (Fsp3) is 0.818. The van der Waals surface area contributed by atoms with Gasteiger partial charge in [0.2, 0.25) is 6.54 Å². The lowest BCUT2D eigenvalue weighted by molar-refractivity contribution is -0.149. The summed E-state index contributed by atoms with van der Waals surface area (Å²) in [7, 11) is 0. The summed E-state index contributed by atoms with van der Waals surface area (Å²) in [6, 6.07) is 0. The monoisotopic (exact) mass is 195 g/mol. The van der Waals surface area contributed by atoms with E-state index in [4.69, 9.17) is 11.3 Å². The van der Waals surface area contributed by atoms with Gasteiger partial charge in [-0.3, -0.25) is 4.79 Å². The first kappa shape index (κ1) is 11.0. The third-order valence-electron chi connectivity index (χ3n) is 2.82. The third-order valence-corrected chi connectivity index (χ3v) is 2.82. The number of hydrogen-bond acceptors (Lipinski definition) is 2. The molecule has 0 amide bonds. The van der Waals surface area contributed by atoms with Gasteiger partial charge in [0.05, 0.1) is 12.5 Å². The number of nitrogens with zero attached hydrogens (tertiary/aromatic N) is 1. The molecule has 1 fully saturated rings. The Morgan fingerprint density at radius 3 is 2.57 bits per heavy atom. The third kappa shape index (κ3) is 3.02. The predicted octanol–water partition coefficient (Wildman–Crippen LogP) is 2.28. The molecular weight excluding hydrogens is 178 g/mol. The van der Waals surface area contributed by atoms with E-state index in [1.54, 1.807) is 0 Å². The summed E-state index contributed by atoms with van der Waals surface area (Å²) in [5, 5.41) is 0. The number of rotatable bonds is 3. The maximum atomic E-state index is 11.4. The molecule has 0 heterocycles. The minimum Gasteiger partial charge on any atom is -0.466 e. The molecule has 3 nitrogen and oxygen atoms in total. The second-order valence-corrected chi connectivity index (χ2v) is 3.81. The normalized spacial score (nSPS) is 26.6. The van der Waals surface area contributed by atoms with Gasteiger partial charge in [-0.1, -0.05) is 0 Å². The zero-order valence-corrected chi connectivity index (χ0v) is 8.66. The van der Waals surface area contributed by atoms with Crippen molar-refractivity contribution in [2.75, 3.05) is 13.2 Å². The van der Waals surface area contributed by atoms with E-state index in [1.807, 2.05) is 6.92 Å². The Hall–Kier alpha value is -1.04. The maximum absolute atomic E-state index is 11.4. The van der Waals surface area contributed by atoms with Crippen LogP contribution in [0.3, 0.4) is 0 Å². The summed E-state index contributed by atoms with van der Waals surface area (Å²) in [5.41, 5.74) is 0. The Morgan fingerprint density at radius 1 is 1.43 bits per heavy atom. The fourth-order valence-corrected chi connectivity index (χ4v) is 1.97. The smallest absolute Gasteiger partial charge is 0.308 e. The first-order chi connectivity index (χ1) is 6.77. The van der Waals surface area contributed by atoms with Crippen LogP contribution >= 0.6 is 0 Å². The number of hydrogen-bond donors (Lipinski definition) is 0. The van der Waals surface area contributed by atoms with E-state index < -0.39 is 0 Å². The van der Waals surface area contributed by atoms with E-state index in [1.165, 1.54) is 0 Å². The molecular formula is C11H17NO2. The molecule has 3 heteroatoms. The summed E-state index contributed by atoms with van der Waals surface area (Å²) in [6.07, 6.45) is 3.82. The summed E-state index contributed by atoms with van der Waals surface area (Å²) >= 11 is 0. The highest BCUT2D eigenvalue weighted by atomic mass is 16.5. The molecule has 0 unspecified atom stereocenters. The lowest BCUT2D eigenvalue weighted by atomic mass is 9.82. The quantitative estimate of drug-likeness (QED) is 0.511. The van der Waals surface area contributed by atoms with Gasteiger partial charge >= 0.3 is 5.97 Å². The number of ether oxygens (including phenoxy) is 1. The molecule has 0 radical (unpaired) electrons. The van der Waals surface area contributed by atoms with Crippen LogP contribution < -0.4 is 0 Å². The molecule has 0 N–H and O–H groups in total. The first-order valence-electron chi connectivity index (χ1n) is 5.27. The Kier molecular flexibility index (Phi) is 4.45. The molecule has 0 atom stereocenters. The van der Waals surface area contributed by atoms with Crippen molar-refractivity contribution in [2.24, 2.45) is 11.8 Å². The summed E-state index contributed by atoms with van der Waals surface area (Å²) < 4.78 is 4.98. The van der Waals surface area contributed by atoms with Crippen molar-refractivity contribution in [1.82, 2.24) is 0 Å². The van der Waals surface area contributed by atoms with Crippen molar-refractivity contribution in [1.29, 1.82) is 0 Å². The van der Waals surface area contributed by atoms with Crippen molar-refractivity contribution in [2.45, 2.75) is 32.6 Å². The average Bonchev–Trinajstić information content (AvgIpc) is 2.20. The van der Waals surface area contributed by atoms with Gasteiger partial charge in [0.25, 0.3) is 0 Å². The van der Waals surface area contributed by atoms with Gasteiger partial charge in [-0.2, -0.15) is 0 Å². The minimum atomic E-state index is -0.0474. The Balaban J connectivity index is 2.28.